The lowest BCUT2D eigenvalue weighted by molar-refractivity contribution is -0.115. The van der Waals surface area contributed by atoms with Crippen molar-refractivity contribution in [2.75, 3.05) is 11.9 Å². The van der Waals surface area contributed by atoms with Crippen LogP contribution in [0.2, 0.25) is 0 Å². The Labute approximate surface area is 118 Å². The molecule has 0 aliphatic carbocycles. The van der Waals surface area contributed by atoms with Crippen LogP contribution in [0.3, 0.4) is 0 Å². The van der Waals surface area contributed by atoms with Gasteiger partial charge in [0.1, 0.15) is 5.76 Å². The second kappa shape index (κ2) is 7.61. The monoisotopic (exact) mass is 280 g/mol. The predicted octanol–water partition coefficient (Wildman–Crippen LogP) is 2.74. The molecule has 0 aliphatic heterocycles. The topological polar surface area (TPSA) is 54.3 Å². The SMILES string of the molecule is Cc1cccc(NC(=O)CNCc2ccco2)c1.Cl. The largest absolute Gasteiger partial charge is 0.468 e. The minimum Gasteiger partial charge on any atom is -0.468 e. The molecule has 2 aromatic rings. The van der Waals surface area contributed by atoms with Crippen LogP contribution < -0.4 is 10.6 Å². The standard InChI is InChI=1S/C14H16N2O2.ClH/c1-11-4-2-5-12(8-11)16-14(17)10-15-9-13-6-3-7-18-13;/h2-8,15H,9-10H2,1H3,(H,16,17);1H. The average Bonchev–Trinajstić information content (AvgIpc) is 2.82. The van der Waals surface area contributed by atoms with Gasteiger partial charge < -0.3 is 15.1 Å². The third kappa shape index (κ3) is 5.16. The van der Waals surface area contributed by atoms with Gasteiger partial charge in [0.15, 0.2) is 0 Å². The zero-order valence-electron chi connectivity index (χ0n) is 10.7. The highest BCUT2D eigenvalue weighted by molar-refractivity contribution is 5.92. The van der Waals surface area contributed by atoms with Gasteiger partial charge in [-0.3, -0.25) is 4.79 Å². The number of rotatable bonds is 5. The molecular weight excluding hydrogens is 264 g/mol. The molecule has 0 bridgehead atoms. The Balaban J connectivity index is 0.00000180. The van der Waals surface area contributed by atoms with Gasteiger partial charge in [-0.15, -0.1) is 12.4 Å². The Bertz CT molecular complexity index is 512. The summed E-state index contributed by atoms with van der Waals surface area (Å²) < 4.78 is 5.16. The number of nitrogens with one attached hydrogen (secondary N) is 2. The van der Waals surface area contributed by atoms with Crippen molar-refractivity contribution in [1.82, 2.24) is 5.32 Å². The third-order valence-electron chi connectivity index (χ3n) is 2.47. The van der Waals surface area contributed by atoms with E-state index in [1.165, 1.54) is 0 Å². The predicted molar refractivity (Wildman–Crippen MR) is 77.5 cm³/mol. The number of hydrogen-bond donors (Lipinski definition) is 2. The maximum Gasteiger partial charge on any atom is 0.238 e. The Kier molecular flexibility index (Phi) is 6.12. The zero-order chi connectivity index (χ0) is 12.8. The number of amides is 1. The summed E-state index contributed by atoms with van der Waals surface area (Å²) in [5.74, 6) is 0.755. The molecule has 19 heavy (non-hydrogen) atoms. The number of carbonyl (C=O) groups excluding carboxylic acids is 1. The normalized spacial score (nSPS) is 9.74. The first-order chi connectivity index (χ1) is 8.74. The zero-order valence-corrected chi connectivity index (χ0v) is 11.5. The number of anilines is 1. The van der Waals surface area contributed by atoms with E-state index in [4.69, 9.17) is 4.42 Å². The molecule has 4 nitrogen and oxygen atoms in total. The van der Waals surface area contributed by atoms with Crippen molar-refractivity contribution in [2.24, 2.45) is 0 Å². The van der Waals surface area contributed by atoms with Gasteiger partial charge in [0.05, 0.1) is 19.4 Å². The summed E-state index contributed by atoms with van der Waals surface area (Å²) in [6, 6.07) is 11.4. The Hall–Kier alpha value is -1.78. The Morgan fingerprint density at radius 2 is 2.11 bits per heavy atom. The molecule has 0 aliphatic rings. The first-order valence-corrected chi connectivity index (χ1v) is 5.83. The Morgan fingerprint density at radius 3 is 2.79 bits per heavy atom. The summed E-state index contributed by atoms with van der Waals surface area (Å²) in [4.78, 5) is 11.6. The minimum absolute atomic E-state index is 0. The average molecular weight is 281 g/mol. The van der Waals surface area contributed by atoms with Gasteiger partial charge in [0, 0.05) is 5.69 Å². The fourth-order valence-corrected chi connectivity index (χ4v) is 1.64. The van der Waals surface area contributed by atoms with Gasteiger partial charge in [0.2, 0.25) is 5.91 Å². The van der Waals surface area contributed by atoms with Crippen molar-refractivity contribution >= 4 is 24.0 Å². The van der Waals surface area contributed by atoms with Crippen molar-refractivity contribution in [1.29, 1.82) is 0 Å². The van der Waals surface area contributed by atoms with Gasteiger partial charge in [-0.05, 0) is 36.8 Å². The fourth-order valence-electron chi connectivity index (χ4n) is 1.64. The maximum atomic E-state index is 11.6. The van der Waals surface area contributed by atoms with E-state index in [1.807, 2.05) is 43.3 Å². The summed E-state index contributed by atoms with van der Waals surface area (Å²) in [6.07, 6.45) is 1.61. The maximum absolute atomic E-state index is 11.6. The molecule has 1 heterocycles. The minimum atomic E-state index is -0.0628. The first-order valence-electron chi connectivity index (χ1n) is 5.83. The molecule has 0 saturated carbocycles. The molecule has 1 amide bonds. The molecule has 2 rings (SSSR count). The molecule has 0 atom stereocenters. The number of benzene rings is 1. The second-order valence-corrected chi connectivity index (χ2v) is 4.10. The summed E-state index contributed by atoms with van der Waals surface area (Å²) >= 11 is 0. The Morgan fingerprint density at radius 1 is 1.26 bits per heavy atom. The highest BCUT2D eigenvalue weighted by atomic mass is 35.5. The van der Waals surface area contributed by atoms with Crippen molar-refractivity contribution in [3.63, 3.8) is 0 Å². The smallest absolute Gasteiger partial charge is 0.238 e. The number of furan rings is 1. The van der Waals surface area contributed by atoms with Gasteiger partial charge >= 0.3 is 0 Å². The molecule has 5 heteroatoms. The molecule has 1 aromatic heterocycles. The highest BCUT2D eigenvalue weighted by Gasteiger charge is 2.02. The van der Waals surface area contributed by atoms with Gasteiger partial charge in [-0.2, -0.15) is 0 Å². The lowest BCUT2D eigenvalue weighted by Gasteiger charge is -2.06. The summed E-state index contributed by atoms with van der Waals surface area (Å²) in [6.45, 7) is 2.80. The third-order valence-corrected chi connectivity index (χ3v) is 2.47. The van der Waals surface area contributed by atoms with Crippen LogP contribution in [0, 0.1) is 6.92 Å². The van der Waals surface area contributed by atoms with E-state index < -0.39 is 0 Å². The molecule has 102 valence electrons. The van der Waals surface area contributed by atoms with Crippen molar-refractivity contribution in [3.05, 3.63) is 54.0 Å². The summed E-state index contributed by atoms with van der Waals surface area (Å²) in [5, 5.41) is 5.85. The molecule has 0 spiro atoms. The van der Waals surface area contributed by atoms with E-state index in [1.54, 1.807) is 6.26 Å². The van der Waals surface area contributed by atoms with Crippen LogP contribution in [0.15, 0.2) is 47.1 Å². The number of carbonyl (C=O) groups is 1. The van der Waals surface area contributed by atoms with Crippen LogP contribution in [0.5, 0.6) is 0 Å². The van der Waals surface area contributed by atoms with Crippen molar-refractivity contribution < 1.29 is 9.21 Å². The highest BCUT2D eigenvalue weighted by Crippen LogP contribution is 2.08. The lowest BCUT2D eigenvalue weighted by Crippen LogP contribution is -2.27. The van der Waals surface area contributed by atoms with Gasteiger partial charge in [-0.25, -0.2) is 0 Å². The molecule has 0 saturated heterocycles. The van der Waals surface area contributed by atoms with Crippen LogP contribution in [0.1, 0.15) is 11.3 Å². The quantitative estimate of drug-likeness (QED) is 0.885. The number of halogens is 1. The van der Waals surface area contributed by atoms with E-state index >= 15 is 0 Å². The van der Waals surface area contributed by atoms with Crippen molar-refractivity contribution in [3.8, 4) is 0 Å². The van der Waals surface area contributed by atoms with Crippen LogP contribution in [0.25, 0.3) is 0 Å². The molecular formula is C14H17ClN2O2. The van der Waals surface area contributed by atoms with E-state index in [2.05, 4.69) is 10.6 Å². The lowest BCUT2D eigenvalue weighted by atomic mass is 10.2. The van der Waals surface area contributed by atoms with Crippen LogP contribution in [-0.4, -0.2) is 12.5 Å². The molecule has 1 aromatic carbocycles. The van der Waals surface area contributed by atoms with Gasteiger partial charge in [0.25, 0.3) is 0 Å². The molecule has 2 N–H and O–H groups in total. The van der Waals surface area contributed by atoms with Crippen LogP contribution in [0.4, 0.5) is 5.69 Å². The molecule has 0 unspecified atom stereocenters. The van der Waals surface area contributed by atoms with Crippen molar-refractivity contribution in [2.45, 2.75) is 13.5 Å². The second-order valence-electron chi connectivity index (χ2n) is 4.10. The first kappa shape index (κ1) is 15.3. The summed E-state index contributed by atoms with van der Waals surface area (Å²) in [5.41, 5.74) is 1.94. The van der Waals surface area contributed by atoms with E-state index in [9.17, 15) is 4.79 Å². The van der Waals surface area contributed by atoms with E-state index in [-0.39, 0.29) is 24.9 Å². The molecule has 0 fully saturated rings. The van der Waals surface area contributed by atoms with E-state index in [0.29, 0.717) is 6.54 Å². The van der Waals surface area contributed by atoms with Gasteiger partial charge in [-0.1, -0.05) is 12.1 Å². The number of hydrogen-bond acceptors (Lipinski definition) is 3. The molecule has 0 radical (unpaired) electrons. The fraction of sp³-hybridized carbons (Fsp3) is 0.214. The number of aryl methyl sites for hydroxylation is 1. The van der Waals surface area contributed by atoms with Crippen LogP contribution >= 0.6 is 12.4 Å². The van der Waals surface area contributed by atoms with E-state index in [0.717, 1.165) is 17.0 Å². The summed E-state index contributed by atoms with van der Waals surface area (Å²) in [7, 11) is 0. The van der Waals surface area contributed by atoms with Crippen LogP contribution in [-0.2, 0) is 11.3 Å².